The second kappa shape index (κ2) is 7.07. The van der Waals surface area contributed by atoms with E-state index in [9.17, 15) is 8.78 Å². The third-order valence-electron chi connectivity index (χ3n) is 2.88. The van der Waals surface area contributed by atoms with Gasteiger partial charge in [0.1, 0.15) is 24.0 Å². The molecule has 0 unspecified atom stereocenters. The van der Waals surface area contributed by atoms with Crippen LogP contribution in [0.2, 0.25) is 10.0 Å². The lowest BCUT2D eigenvalue weighted by atomic mass is 10.2. The molecule has 0 aliphatic rings. The van der Waals surface area contributed by atoms with Crippen LogP contribution in [0, 0.1) is 11.6 Å². The van der Waals surface area contributed by atoms with Gasteiger partial charge < -0.3 is 10.1 Å². The second-order valence-corrected chi connectivity index (χ2v) is 5.24. The van der Waals surface area contributed by atoms with E-state index in [1.807, 2.05) is 0 Å². The molecule has 2 aromatic carbocycles. The van der Waals surface area contributed by atoms with E-state index in [1.54, 1.807) is 13.1 Å². The minimum Gasteiger partial charge on any atom is -0.487 e. The van der Waals surface area contributed by atoms with Gasteiger partial charge in [-0.1, -0.05) is 29.3 Å². The van der Waals surface area contributed by atoms with E-state index in [1.165, 1.54) is 24.3 Å². The van der Waals surface area contributed by atoms with E-state index in [4.69, 9.17) is 27.9 Å². The molecule has 0 saturated carbocycles. The van der Waals surface area contributed by atoms with Crippen molar-refractivity contribution in [2.24, 2.45) is 0 Å². The summed E-state index contributed by atoms with van der Waals surface area (Å²) in [5.74, 6) is -0.955. The molecule has 112 valence electrons. The number of benzene rings is 2. The van der Waals surface area contributed by atoms with Crippen LogP contribution in [0.4, 0.5) is 8.78 Å². The Hall–Kier alpha value is -1.36. The molecule has 2 aromatic rings. The van der Waals surface area contributed by atoms with Gasteiger partial charge in [-0.05, 0) is 31.3 Å². The maximum atomic E-state index is 13.6. The van der Waals surface area contributed by atoms with Gasteiger partial charge in [-0.2, -0.15) is 0 Å². The molecule has 0 atom stereocenters. The van der Waals surface area contributed by atoms with E-state index >= 15 is 0 Å². The normalized spacial score (nSPS) is 10.7. The van der Waals surface area contributed by atoms with Crippen LogP contribution >= 0.6 is 23.2 Å². The first kappa shape index (κ1) is 16.0. The van der Waals surface area contributed by atoms with Crippen LogP contribution in [0.25, 0.3) is 0 Å². The third-order valence-corrected chi connectivity index (χ3v) is 3.37. The summed E-state index contributed by atoms with van der Waals surface area (Å²) in [5.41, 5.74) is 0.575. The minimum absolute atomic E-state index is 0.140. The molecule has 2 rings (SSSR count). The predicted octanol–water partition coefficient (Wildman–Crippen LogP) is 4.57. The van der Waals surface area contributed by atoms with Gasteiger partial charge in [-0.15, -0.1) is 0 Å². The highest BCUT2D eigenvalue weighted by Crippen LogP contribution is 2.33. The number of halogens is 4. The first-order valence-electron chi connectivity index (χ1n) is 6.21. The first-order chi connectivity index (χ1) is 10.0. The van der Waals surface area contributed by atoms with Gasteiger partial charge in [-0.3, -0.25) is 0 Å². The van der Waals surface area contributed by atoms with Crippen molar-refractivity contribution in [2.45, 2.75) is 13.2 Å². The van der Waals surface area contributed by atoms with Gasteiger partial charge in [0, 0.05) is 17.1 Å². The Balaban J connectivity index is 2.27. The molecular weight excluding hydrogens is 319 g/mol. The Labute approximate surface area is 131 Å². The molecule has 0 aliphatic carbocycles. The minimum atomic E-state index is -0.657. The molecule has 0 amide bonds. The number of nitrogens with one attached hydrogen (secondary N) is 1. The number of ether oxygens (including phenoxy) is 1. The molecule has 0 spiro atoms. The Morgan fingerprint density at radius 1 is 1.14 bits per heavy atom. The number of hydrogen-bond acceptors (Lipinski definition) is 2. The predicted molar refractivity (Wildman–Crippen MR) is 79.9 cm³/mol. The third kappa shape index (κ3) is 3.84. The average Bonchev–Trinajstić information content (AvgIpc) is 2.40. The van der Waals surface area contributed by atoms with Crippen molar-refractivity contribution >= 4 is 23.2 Å². The van der Waals surface area contributed by atoms with Gasteiger partial charge in [0.15, 0.2) is 0 Å². The summed E-state index contributed by atoms with van der Waals surface area (Å²) in [5, 5.41) is 3.72. The lowest BCUT2D eigenvalue weighted by molar-refractivity contribution is 0.289. The topological polar surface area (TPSA) is 21.3 Å². The van der Waals surface area contributed by atoms with Gasteiger partial charge >= 0.3 is 0 Å². The number of rotatable bonds is 5. The Morgan fingerprint density at radius 2 is 1.81 bits per heavy atom. The summed E-state index contributed by atoms with van der Waals surface area (Å²) in [6.07, 6.45) is 0. The van der Waals surface area contributed by atoms with Gasteiger partial charge in [-0.25, -0.2) is 8.78 Å². The highest BCUT2D eigenvalue weighted by atomic mass is 35.5. The highest BCUT2D eigenvalue weighted by molar-refractivity contribution is 6.35. The van der Waals surface area contributed by atoms with Gasteiger partial charge in [0.2, 0.25) is 0 Å². The molecular formula is C15H13Cl2F2NO. The molecule has 2 nitrogen and oxygen atoms in total. The summed E-state index contributed by atoms with van der Waals surface area (Å²) >= 11 is 12.0. The fraction of sp³-hybridized carbons (Fsp3) is 0.200. The second-order valence-electron chi connectivity index (χ2n) is 4.40. The van der Waals surface area contributed by atoms with Gasteiger partial charge in [0.05, 0.1) is 10.6 Å². The SMILES string of the molecule is CNCc1cc(Cl)cc(Cl)c1OCc1c(F)cccc1F. The molecule has 1 N–H and O–H groups in total. The summed E-state index contributed by atoms with van der Waals surface area (Å²) in [7, 11) is 1.76. The molecule has 0 radical (unpaired) electrons. The molecule has 0 heterocycles. The van der Waals surface area contributed by atoms with Crippen LogP contribution in [0.5, 0.6) is 5.75 Å². The Morgan fingerprint density at radius 3 is 2.43 bits per heavy atom. The van der Waals surface area contributed by atoms with E-state index in [-0.39, 0.29) is 12.2 Å². The van der Waals surface area contributed by atoms with Crippen molar-refractivity contribution in [3.63, 3.8) is 0 Å². The zero-order valence-electron chi connectivity index (χ0n) is 11.2. The van der Waals surface area contributed by atoms with Crippen molar-refractivity contribution in [3.8, 4) is 5.75 Å². The standard InChI is InChI=1S/C15H13Cl2F2NO/c1-20-7-9-5-10(16)6-12(17)15(9)21-8-11-13(18)3-2-4-14(11)19/h2-6,20H,7-8H2,1H3. The zero-order chi connectivity index (χ0) is 15.4. The maximum absolute atomic E-state index is 13.6. The van der Waals surface area contributed by atoms with Crippen LogP contribution in [-0.4, -0.2) is 7.05 Å². The first-order valence-corrected chi connectivity index (χ1v) is 6.96. The molecule has 0 saturated heterocycles. The van der Waals surface area contributed by atoms with E-state index in [2.05, 4.69) is 5.32 Å². The fourth-order valence-electron chi connectivity index (χ4n) is 1.91. The lowest BCUT2D eigenvalue weighted by Crippen LogP contribution is -2.09. The molecule has 0 aromatic heterocycles. The largest absolute Gasteiger partial charge is 0.487 e. The fourth-order valence-corrected chi connectivity index (χ4v) is 2.50. The highest BCUT2D eigenvalue weighted by Gasteiger charge is 2.14. The van der Waals surface area contributed by atoms with E-state index < -0.39 is 11.6 Å². The Bertz CT molecular complexity index is 630. The van der Waals surface area contributed by atoms with Gasteiger partial charge in [0.25, 0.3) is 0 Å². The monoisotopic (exact) mass is 331 g/mol. The molecule has 0 bridgehead atoms. The van der Waals surface area contributed by atoms with Crippen molar-refractivity contribution in [3.05, 3.63) is 63.1 Å². The molecule has 0 aliphatic heterocycles. The zero-order valence-corrected chi connectivity index (χ0v) is 12.7. The average molecular weight is 332 g/mol. The van der Waals surface area contributed by atoms with Crippen LogP contribution in [-0.2, 0) is 13.2 Å². The summed E-state index contributed by atoms with van der Waals surface area (Å²) < 4.78 is 32.7. The Kier molecular flexibility index (Phi) is 5.39. The quantitative estimate of drug-likeness (QED) is 0.866. The van der Waals surface area contributed by atoms with Crippen LogP contribution < -0.4 is 10.1 Å². The molecule has 0 fully saturated rings. The van der Waals surface area contributed by atoms with E-state index in [0.29, 0.717) is 27.9 Å². The van der Waals surface area contributed by atoms with Crippen molar-refractivity contribution < 1.29 is 13.5 Å². The number of hydrogen-bond donors (Lipinski definition) is 1. The summed E-state index contributed by atoms with van der Waals surface area (Å²) in [6, 6.07) is 6.88. The van der Waals surface area contributed by atoms with Crippen LogP contribution in [0.1, 0.15) is 11.1 Å². The molecule has 6 heteroatoms. The smallest absolute Gasteiger partial charge is 0.142 e. The van der Waals surface area contributed by atoms with Crippen LogP contribution in [0.3, 0.4) is 0 Å². The van der Waals surface area contributed by atoms with Crippen molar-refractivity contribution in [1.29, 1.82) is 0 Å². The maximum Gasteiger partial charge on any atom is 0.142 e. The van der Waals surface area contributed by atoms with Crippen molar-refractivity contribution in [2.75, 3.05) is 7.05 Å². The lowest BCUT2D eigenvalue weighted by Gasteiger charge is -2.14. The van der Waals surface area contributed by atoms with Crippen LogP contribution in [0.15, 0.2) is 30.3 Å². The summed E-state index contributed by atoms with van der Waals surface area (Å²) in [6.45, 7) is 0.214. The van der Waals surface area contributed by atoms with E-state index in [0.717, 1.165) is 0 Å². The molecule has 21 heavy (non-hydrogen) atoms. The van der Waals surface area contributed by atoms with Crippen molar-refractivity contribution in [1.82, 2.24) is 5.32 Å². The summed E-state index contributed by atoms with van der Waals surface area (Å²) in [4.78, 5) is 0.